The van der Waals surface area contributed by atoms with Gasteiger partial charge in [0.15, 0.2) is 0 Å². The SMILES string of the molecule is CC(C)NCc1ccncc1N1CCN(CC2CC2)CC1. The normalized spacial score (nSPS) is 20.2. The minimum Gasteiger partial charge on any atom is -0.367 e. The molecule has 1 N–H and O–H groups in total. The van der Waals surface area contributed by atoms with Crippen LogP contribution in [0.15, 0.2) is 18.5 Å². The Morgan fingerprint density at radius 1 is 1.24 bits per heavy atom. The highest BCUT2D eigenvalue weighted by atomic mass is 15.3. The van der Waals surface area contributed by atoms with Crippen molar-refractivity contribution in [3.63, 3.8) is 0 Å². The van der Waals surface area contributed by atoms with E-state index in [2.05, 4.69) is 40.0 Å². The van der Waals surface area contributed by atoms with Crippen molar-refractivity contribution in [1.29, 1.82) is 0 Å². The highest BCUT2D eigenvalue weighted by Crippen LogP contribution is 2.30. The second kappa shape index (κ2) is 6.75. The van der Waals surface area contributed by atoms with Crippen molar-refractivity contribution in [2.75, 3.05) is 37.6 Å². The van der Waals surface area contributed by atoms with E-state index in [0.717, 1.165) is 25.6 Å². The van der Waals surface area contributed by atoms with Crippen molar-refractivity contribution in [2.24, 2.45) is 5.92 Å². The molecule has 116 valence electrons. The topological polar surface area (TPSA) is 31.4 Å². The van der Waals surface area contributed by atoms with E-state index in [1.165, 1.54) is 43.7 Å². The third-order valence-electron chi connectivity index (χ3n) is 4.51. The average molecular weight is 288 g/mol. The van der Waals surface area contributed by atoms with E-state index >= 15 is 0 Å². The zero-order valence-corrected chi connectivity index (χ0v) is 13.4. The summed E-state index contributed by atoms with van der Waals surface area (Å²) in [6.07, 6.45) is 6.85. The second-order valence-corrected chi connectivity index (χ2v) is 6.77. The van der Waals surface area contributed by atoms with Crippen LogP contribution >= 0.6 is 0 Å². The molecule has 0 atom stereocenters. The molecule has 1 aliphatic heterocycles. The van der Waals surface area contributed by atoms with Crippen LogP contribution in [-0.2, 0) is 6.54 Å². The molecule has 1 aliphatic carbocycles. The third-order valence-corrected chi connectivity index (χ3v) is 4.51. The molecular weight excluding hydrogens is 260 g/mol. The fourth-order valence-corrected chi connectivity index (χ4v) is 3.00. The Labute approximate surface area is 128 Å². The van der Waals surface area contributed by atoms with Gasteiger partial charge < -0.3 is 10.2 Å². The van der Waals surface area contributed by atoms with Crippen LogP contribution in [0, 0.1) is 5.92 Å². The highest BCUT2D eigenvalue weighted by molar-refractivity contribution is 5.52. The predicted molar refractivity (Wildman–Crippen MR) is 87.6 cm³/mol. The standard InChI is InChI=1S/C17H28N4/c1-14(2)19-11-16-5-6-18-12-17(16)21-9-7-20(8-10-21)13-15-3-4-15/h5-6,12,14-15,19H,3-4,7-11,13H2,1-2H3. The zero-order valence-electron chi connectivity index (χ0n) is 13.4. The second-order valence-electron chi connectivity index (χ2n) is 6.77. The lowest BCUT2D eigenvalue weighted by Gasteiger charge is -2.37. The quantitative estimate of drug-likeness (QED) is 0.869. The van der Waals surface area contributed by atoms with Crippen LogP contribution in [0.2, 0.25) is 0 Å². The van der Waals surface area contributed by atoms with Crippen LogP contribution in [0.4, 0.5) is 5.69 Å². The summed E-state index contributed by atoms with van der Waals surface area (Å²) in [7, 11) is 0. The van der Waals surface area contributed by atoms with Gasteiger partial charge >= 0.3 is 0 Å². The van der Waals surface area contributed by atoms with Crippen LogP contribution in [-0.4, -0.2) is 48.6 Å². The van der Waals surface area contributed by atoms with E-state index < -0.39 is 0 Å². The number of hydrogen-bond acceptors (Lipinski definition) is 4. The first-order valence-corrected chi connectivity index (χ1v) is 8.36. The maximum Gasteiger partial charge on any atom is 0.0599 e. The van der Waals surface area contributed by atoms with Gasteiger partial charge in [0.2, 0.25) is 0 Å². The maximum absolute atomic E-state index is 4.34. The fraction of sp³-hybridized carbons (Fsp3) is 0.706. The smallest absolute Gasteiger partial charge is 0.0599 e. The number of rotatable bonds is 6. The van der Waals surface area contributed by atoms with Crippen molar-refractivity contribution in [3.05, 3.63) is 24.0 Å². The summed E-state index contributed by atoms with van der Waals surface area (Å²) in [6, 6.07) is 2.67. The molecule has 21 heavy (non-hydrogen) atoms. The van der Waals surface area contributed by atoms with E-state index in [1.54, 1.807) is 0 Å². The van der Waals surface area contributed by atoms with Gasteiger partial charge in [0.1, 0.15) is 0 Å². The van der Waals surface area contributed by atoms with Gasteiger partial charge in [-0.15, -0.1) is 0 Å². The molecule has 4 heteroatoms. The third kappa shape index (κ3) is 4.17. The van der Waals surface area contributed by atoms with E-state index in [9.17, 15) is 0 Å². The summed E-state index contributed by atoms with van der Waals surface area (Å²) in [5, 5.41) is 3.52. The van der Waals surface area contributed by atoms with Gasteiger partial charge in [0.25, 0.3) is 0 Å². The van der Waals surface area contributed by atoms with E-state index in [4.69, 9.17) is 0 Å². The molecule has 2 aliphatic rings. The molecule has 0 spiro atoms. The number of nitrogens with zero attached hydrogens (tertiary/aromatic N) is 3. The van der Waals surface area contributed by atoms with Gasteiger partial charge in [0, 0.05) is 51.5 Å². The molecule has 4 nitrogen and oxygen atoms in total. The van der Waals surface area contributed by atoms with E-state index in [1.807, 2.05) is 12.4 Å². The minimum atomic E-state index is 0.515. The average Bonchev–Trinajstić information content (AvgIpc) is 3.30. The molecule has 3 rings (SSSR count). The van der Waals surface area contributed by atoms with Gasteiger partial charge in [0.05, 0.1) is 11.9 Å². The van der Waals surface area contributed by atoms with Crippen LogP contribution in [0.3, 0.4) is 0 Å². The molecule has 0 bridgehead atoms. The molecule has 1 aromatic heterocycles. The maximum atomic E-state index is 4.34. The van der Waals surface area contributed by atoms with Gasteiger partial charge in [-0.3, -0.25) is 9.88 Å². The number of piperazine rings is 1. The Kier molecular flexibility index (Phi) is 4.76. The predicted octanol–water partition coefficient (Wildman–Crippen LogP) is 2.11. The Hall–Kier alpha value is -1.13. The summed E-state index contributed by atoms with van der Waals surface area (Å²) in [6.45, 7) is 11.3. The minimum absolute atomic E-state index is 0.515. The van der Waals surface area contributed by atoms with Crippen molar-refractivity contribution >= 4 is 5.69 Å². The zero-order chi connectivity index (χ0) is 14.7. The molecule has 1 saturated heterocycles. The first-order chi connectivity index (χ1) is 10.2. The molecule has 1 aromatic rings. The molecule has 2 fully saturated rings. The van der Waals surface area contributed by atoms with E-state index in [0.29, 0.717) is 6.04 Å². The van der Waals surface area contributed by atoms with Gasteiger partial charge in [-0.05, 0) is 30.4 Å². The van der Waals surface area contributed by atoms with Crippen LogP contribution in [0.5, 0.6) is 0 Å². The number of nitrogens with one attached hydrogen (secondary N) is 1. The molecular formula is C17H28N4. The number of aromatic nitrogens is 1. The molecule has 0 radical (unpaired) electrons. The Morgan fingerprint density at radius 2 is 2.00 bits per heavy atom. The van der Waals surface area contributed by atoms with Crippen LogP contribution in [0.1, 0.15) is 32.3 Å². The van der Waals surface area contributed by atoms with E-state index in [-0.39, 0.29) is 0 Å². The van der Waals surface area contributed by atoms with Crippen molar-refractivity contribution < 1.29 is 0 Å². The summed E-state index contributed by atoms with van der Waals surface area (Å²) in [5.41, 5.74) is 2.69. The largest absolute Gasteiger partial charge is 0.367 e. The first kappa shape index (κ1) is 14.8. The Bertz CT molecular complexity index is 448. The fourth-order valence-electron chi connectivity index (χ4n) is 3.00. The molecule has 0 unspecified atom stereocenters. The lowest BCUT2D eigenvalue weighted by atomic mass is 10.1. The van der Waals surface area contributed by atoms with Crippen LogP contribution in [0.25, 0.3) is 0 Å². The van der Waals surface area contributed by atoms with Crippen molar-refractivity contribution in [2.45, 2.75) is 39.3 Å². The number of anilines is 1. The summed E-state index contributed by atoms with van der Waals surface area (Å²) in [5.74, 6) is 1.00. The lowest BCUT2D eigenvalue weighted by molar-refractivity contribution is 0.248. The summed E-state index contributed by atoms with van der Waals surface area (Å²) in [4.78, 5) is 9.49. The summed E-state index contributed by atoms with van der Waals surface area (Å²) < 4.78 is 0. The number of pyridine rings is 1. The van der Waals surface area contributed by atoms with Gasteiger partial charge in [-0.1, -0.05) is 13.8 Å². The molecule has 2 heterocycles. The van der Waals surface area contributed by atoms with Gasteiger partial charge in [-0.2, -0.15) is 0 Å². The highest BCUT2D eigenvalue weighted by Gasteiger charge is 2.26. The lowest BCUT2D eigenvalue weighted by Crippen LogP contribution is -2.47. The Morgan fingerprint density at radius 3 is 2.67 bits per heavy atom. The Balaban J connectivity index is 1.58. The summed E-state index contributed by atoms with van der Waals surface area (Å²) >= 11 is 0. The molecule has 0 aromatic carbocycles. The monoisotopic (exact) mass is 288 g/mol. The first-order valence-electron chi connectivity index (χ1n) is 8.36. The molecule has 0 amide bonds. The van der Waals surface area contributed by atoms with Gasteiger partial charge in [-0.25, -0.2) is 0 Å². The van der Waals surface area contributed by atoms with Crippen LogP contribution < -0.4 is 10.2 Å². The van der Waals surface area contributed by atoms with Crippen molar-refractivity contribution in [1.82, 2.24) is 15.2 Å². The number of hydrogen-bond donors (Lipinski definition) is 1. The molecule has 1 saturated carbocycles. The van der Waals surface area contributed by atoms with Crippen molar-refractivity contribution in [3.8, 4) is 0 Å².